The first-order chi connectivity index (χ1) is 8.66. The molecule has 3 atom stereocenters. The molecule has 1 aromatic rings. The van der Waals surface area contributed by atoms with Crippen LogP contribution in [0.3, 0.4) is 0 Å². The lowest BCUT2D eigenvalue weighted by Gasteiger charge is -2.26. The number of benzene rings is 1. The van der Waals surface area contributed by atoms with E-state index in [-0.39, 0.29) is 18.2 Å². The van der Waals surface area contributed by atoms with E-state index in [1.165, 1.54) is 12.8 Å². The maximum absolute atomic E-state index is 10.1. The van der Waals surface area contributed by atoms with Crippen LogP contribution >= 0.6 is 0 Å². The van der Waals surface area contributed by atoms with E-state index in [2.05, 4.69) is 12.2 Å². The summed E-state index contributed by atoms with van der Waals surface area (Å²) in [4.78, 5) is 0. The summed E-state index contributed by atoms with van der Waals surface area (Å²) in [5, 5.41) is 22.9. The third-order valence-electron chi connectivity index (χ3n) is 3.84. The number of aliphatic hydroxyl groups is 1. The van der Waals surface area contributed by atoms with Gasteiger partial charge in [0.2, 0.25) is 0 Å². The van der Waals surface area contributed by atoms with E-state index < -0.39 is 0 Å². The Labute approximate surface area is 109 Å². The van der Waals surface area contributed by atoms with E-state index in [0.29, 0.717) is 5.75 Å². The fourth-order valence-electron chi connectivity index (χ4n) is 2.66. The Bertz CT molecular complexity index is 363. The van der Waals surface area contributed by atoms with Gasteiger partial charge in [0.25, 0.3) is 0 Å². The lowest BCUT2D eigenvalue weighted by molar-refractivity contribution is 0.115. The molecule has 3 N–H and O–H groups in total. The van der Waals surface area contributed by atoms with Gasteiger partial charge in [0.15, 0.2) is 0 Å². The van der Waals surface area contributed by atoms with Crippen LogP contribution < -0.4 is 5.32 Å². The van der Waals surface area contributed by atoms with Gasteiger partial charge >= 0.3 is 0 Å². The molecule has 1 saturated carbocycles. The molecule has 18 heavy (non-hydrogen) atoms. The van der Waals surface area contributed by atoms with Gasteiger partial charge in [0.1, 0.15) is 5.75 Å². The lowest BCUT2D eigenvalue weighted by Crippen LogP contribution is -2.40. The molecule has 0 radical (unpaired) electrons. The molecule has 1 aliphatic rings. The molecule has 3 heteroatoms. The summed E-state index contributed by atoms with van der Waals surface area (Å²) in [7, 11) is 0. The van der Waals surface area contributed by atoms with Gasteiger partial charge in [-0.15, -0.1) is 0 Å². The zero-order chi connectivity index (χ0) is 13.0. The minimum atomic E-state index is -0.230. The summed E-state index contributed by atoms with van der Waals surface area (Å²) >= 11 is 0. The zero-order valence-corrected chi connectivity index (χ0v) is 11.0. The van der Waals surface area contributed by atoms with Gasteiger partial charge in [-0.05, 0) is 37.5 Å². The standard InChI is InChI=1S/C15H23NO2/c1-11(12-7-9-13(17)10-8-12)16-14-5-3-2-4-6-15(14)18/h7-11,14-18H,2-6H2,1H3. The van der Waals surface area contributed by atoms with Crippen molar-refractivity contribution in [2.24, 2.45) is 0 Å². The molecule has 0 heterocycles. The van der Waals surface area contributed by atoms with Gasteiger partial charge in [0, 0.05) is 12.1 Å². The summed E-state index contributed by atoms with van der Waals surface area (Å²) < 4.78 is 0. The zero-order valence-electron chi connectivity index (χ0n) is 11.0. The van der Waals surface area contributed by atoms with Crippen LogP contribution in [0.1, 0.15) is 50.6 Å². The Morgan fingerprint density at radius 1 is 1.11 bits per heavy atom. The monoisotopic (exact) mass is 249 g/mol. The number of rotatable bonds is 3. The summed E-state index contributed by atoms with van der Waals surface area (Å²) in [5.74, 6) is 0.292. The van der Waals surface area contributed by atoms with Gasteiger partial charge in [0.05, 0.1) is 6.10 Å². The quantitative estimate of drug-likeness (QED) is 0.722. The largest absolute Gasteiger partial charge is 0.508 e. The molecule has 0 aliphatic heterocycles. The van der Waals surface area contributed by atoms with Crippen molar-refractivity contribution in [2.75, 3.05) is 0 Å². The third-order valence-corrected chi connectivity index (χ3v) is 3.84. The summed E-state index contributed by atoms with van der Waals surface area (Å²) in [6.07, 6.45) is 5.27. The first-order valence-electron chi connectivity index (χ1n) is 6.90. The maximum atomic E-state index is 10.1. The molecule has 0 aromatic heterocycles. The second-order valence-corrected chi connectivity index (χ2v) is 5.29. The molecule has 1 aliphatic carbocycles. The van der Waals surface area contributed by atoms with Gasteiger partial charge in [-0.25, -0.2) is 0 Å². The number of nitrogens with one attached hydrogen (secondary N) is 1. The first-order valence-corrected chi connectivity index (χ1v) is 6.90. The predicted molar refractivity (Wildman–Crippen MR) is 72.5 cm³/mol. The smallest absolute Gasteiger partial charge is 0.115 e. The normalized spacial score (nSPS) is 26.6. The molecule has 1 aromatic carbocycles. The Kier molecular flexibility index (Phi) is 4.61. The topological polar surface area (TPSA) is 52.5 Å². The molecule has 100 valence electrons. The van der Waals surface area contributed by atoms with Crippen molar-refractivity contribution in [3.8, 4) is 5.75 Å². The Hall–Kier alpha value is -1.06. The molecular weight excluding hydrogens is 226 g/mol. The molecular formula is C15H23NO2. The molecule has 2 rings (SSSR count). The average molecular weight is 249 g/mol. The van der Waals surface area contributed by atoms with Crippen molar-refractivity contribution >= 4 is 0 Å². The van der Waals surface area contributed by atoms with Crippen LogP contribution in [0.5, 0.6) is 5.75 Å². The highest BCUT2D eigenvalue weighted by atomic mass is 16.3. The molecule has 1 fully saturated rings. The molecule has 3 unspecified atom stereocenters. The molecule has 0 bridgehead atoms. The van der Waals surface area contributed by atoms with Gasteiger partial charge < -0.3 is 15.5 Å². The number of hydrogen-bond donors (Lipinski definition) is 3. The number of aliphatic hydroxyl groups excluding tert-OH is 1. The Morgan fingerprint density at radius 2 is 1.78 bits per heavy atom. The third kappa shape index (κ3) is 3.47. The highest BCUT2D eigenvalue weighted by Gasteiger charge is 2.23. The van der Waals surface area contributed by atoms with Crippen LogP contribution in [0.25, 0.3) is 0 Å². The van der Waals surface area contributed by atoms with Crippen molar-refractivity contribution in [3.63, 3.8) is 0 Å². The highest BCUT2D eigenvalue weighted by molar-refractivity contribution is 5.27. The summed E-state index contributed by atoms with van der Waals surface area (Å²) in [5.41, 5.74) is 1.14. The molecule has 3 nitrogen and oxygen atoms in total. The van der Waals surface area contributed by atoms with Crippen LogP contribution in [0.2, 0.25) is 0 Å². The van der Waals surface area contributed by atoms with Crippen LogP contribution in [-0.2, 0) is 0 Å². The van der Waals surface area contributed by atoms with Crippen LogP contribution in [0.4, 0.5) is 0 Å². The van der Waals surface area contributed by atoms with E-state index in [0.717, 1.165) is 24.8 Å². The van der Waals surface area contributed by atoms with Gasteiger partial charge in [-0.3, -0.25) is 0 Å². The van der Waals surface area contributed by atoms with Gasteiger partial charge in [-0.2, -0.15) is 0 Å². The summed E-state index contributed by atoms with van der Waals surface area (Å²) in [6, 6.07) is 7.65. The number of phenolic OH excluding ortho intramolecular Hbond substituents is 1. The van der Waals surface area contributed by atoms with Crippen molar-refractivity contribution in [2.45, 2.75) is 57.2 Å². The molecule has 0 amide bonds. The fourth-order valence-corrected chi connectivity index (χ4v) is 2.66. The molecule has 0 spiro atoms. The van der Waals surface area contributed by atoms with E-state index in [4.69, 9.17) is 0 Å². The van der Waals surface area contributed by atoms with Crippen molar-refractivity contribution in [1.82, 2.24) is 5.32 Å². The van der Waals surface area contributed by atoms with E-state index in [9.17, 15) is 10.2 Å². The average Bonchev–Trinajstić information content (AvgIpc) is 2.56. The summed E-state index contributed by atoms with van der Waals surface area (Å²) in [6.45, 7) is 2.10. The molecule has 0 saturated heterocycles. The van der Waals surface area contributed by atoms with Crippen LogP contribution in [-0.4, -0.2) is 22.4 Å². The number of phenols is 1. The van der Waals surface area contributed by atoms with Gasteiger partial charge in [-0.1, -0.05) is 31.4 Å². The van der Waals surface area contributed by atoms with Crippen LogP contribution in [0, 0.1) is 0 Å². The SMILES string of the molecule is CC(NC1CCCCCC1O)c1ccc(O)cc1. The van der Waals surface area contributed by atoms with E-state index in [1.807, 2.05) is 12.1 Å². The highest BCUT2D eigenvalue weighted by Crippen LogP contribution is 2.22. The lowest BCUT2D eigenvalue weighted by atomic mass is 10.0. The minimum absolute atomic E-state index is 0.191. The van der Waals surface area contributed by atoms with E-state index >= 15 is 0 Å². The predicted octanol–water partition coefficient (Wildman–Crippen LogP) is 2.74. The maximum Gasteiger partial charge on any atom is 0.115 e. The van der Waals surface area contributed by atoms with Crippen LogP contribution in [0.15, 0.2) is 24.3 Å². The Balaban J connectivity index is 1.97. The van der Waals surface area contributed by atoms with Crippen molar-refractivity contribution < 1.29 is 10.2 Å². The fraction of sp³-hybridized carbons (Fsp3) is 0.600. The first kappa shape index (κ1) is 13.4. The van der Waals surface area contributed by atoms with E-state index in [1.54, 1.807) is 12.1 Å². The second kappa shape index (κ2) is 6.21. The Morgan fingerprint density at radius 3 is 2.50 bits per heavy atom. The second-order valence-electron chi connectivity index (χ2n) is 5.29. The van der Waals surface area contributed by atoms with Crippen molar-refractivity contribution in [3.05, 3.63) is 29.8 Å². The number of aromatic hydroxyl groups is 1. The van der Waals surface area contributed by atoms with Crippen molar-refractivity contribution in [1.29, 1.82) is 0 Å². The number of hydrogen-bond acceptors (Lipinski definition) is 3. The minimum Gasteiger partial charge on any atom is -0.508 e.